The van der Waals surface area contributed by atoms with E-state index in [1.165, 1.54) is 9.80 Å². The predicted octanol–water partition coefficient (Wildman–Crippen LogP) is 3.22. The van der Waals surface area contributed by atoms with E-state index in [0.717, 1.165) is 12.8 Å². The Labute approximate surface area is 197 Å². The normalized spacial score (nSPS) is 31.2. The smallest absolute Gasteiger partial charge is 0.411 e. The van der Waals surface area contributed by atoms with Gasteiger partial charge in [0, 0.05) is 13.5 Å². The Balaban J connectivity index is 0.000000321. The molecule has 2 heterocycles. The van der Waals surface area contributed by atoms with Crippen molar-refractivity contribution in [2.24, 2.45) is 17.6 Å². The summed E-state index contributed by atoms with van der Waals surface area (Å²) in [6.07, 6.45) is 2.25. The SMILES string of the molecule is C.CC(C)(C)OC(=O)N1C(C(=O)O)C[C@@H]2C[C@@H]21.CC(C)(C)OC(=O)N1C(C(N)=O)C[C@@H]2C[C@@H]21.[HH]. The number of carbonyl (C=O) groups is 4. The average molecular weight is 472 g/mol. The van der Waals surface area contributed by atoms with Crippen molar-refractivity contribution < 1.29 is 35.2 Å². The van der Waals surface area contributed by atoms with Gasteiger partial charge in [-0.25, -0.2) is 14.4 Å². The zero-order valence-corrected chi connectivity index (χ0v) is 19.7. The van der Waals surface area contributed by atoms with Gasteiger partial charge in [-0.3, -0.25) is 14.6 Å². The molecule has 4 aliphatic rings. The number of nitrogens with two attached hydrogens (primary N) is 1. The van der Waals surface area contributed by atoms with E-state index in [9.17, 15) is 19.2 Å². The van der Waals surface area contributed by atoms with Gasteiger partial charge < -0.3 is 20.3 Å². The first kappa shape index (κ1) is 26.7. The minimum Gasteiger partial charge on any atom is -0.480 e. The van der Waals surface area contributed by atoms with E-state index < -0.39 is 47.3 Å². The molecule has 0 aromatic rings. The number of carbonyl (C=O) groups excluding carboxylic acids is 3. The molecule has 33 heavy (non-hydrogen) atoms. The number of fused-ring (bicyclic) bond motifs is 2. The lowest BCUT2D eigenvalue weighted by atomic mass is 10.1. The largest absolute Gasteiger partial charge is 0.480 e. The van der Waals surface area contributed by atoms with Gasteiger partial charge in [0.25, 0.3) is 0 Å². The Bertz CT molecular complexity index is 741. The highest BCUT2D eigenvalue weighted by atomic mass is 16.6. The van der Waals surface area contributed by atoms with Crippen molar-refractivity contribution in [2.45, 2.75) is 110 Å². The number of nitrogens with zero attached hydrogens (tertiary/aromatic N) is 2. The van der Waals surface area contributed by atoms with Gasteiger partial charge in [-0.2, -0.15) is 0 Å². The van der Waals surface area contributed by atoms with E-state index in [4.69, 9.17) is 20.3 Å². The molecule has 2 saturated heterocycles. The lowest BCUT2D eigenvalue weighted by Gasteiger charge is -2.28. The van der Waals surface area contributed by atoms with Crippen molar-refractivity contribution in [1.29, 1.82) is 0 Å². The molecule has 2 unspecified atom stereocenters. The maximum atomic E-state index is 11.9. The monoisotopic (exact) mass is 471 g/mol. The first-order valence-corrected chi connectivity index (χ1v) is 11.1. The highest BCUT2D eigenvalue weighted by molar-refractivity contribution is 5.86. The van der Waals surface area contributed by atoms with Gasteiger partial charge in [0.1, 0.15) is 23.3 Å². The van der Waals surface area contributed by atoms with E-state index in [1.54, 1.807) is 20.8 Å². The molecule has 190 valence electrons. The zero-order valence-electron chi connectivity index (χ0n) is 19.7. The van der Waals surface area contributed by atoms with Crippen molar-refractivity contribution in [1.82, 2.24) is 9.80 Å². The fourth-order valence-corrected chi connectivity index (χ4v) is 4.54. The fraction of sp³-hybridized carbons (Fsp3) is 0.826. The van der Waals surface area contributed by atoms with E-state index in [1.807, 2.05) is 20.8 Å². The van der Waals surface area contributed by atoms with Crippen LogP contribution < -0.4 is 5.73 Å². The number of ether oxygens (including phenoxy) is 2. The Morgan fingerprint density at radius 1 is 0.788 bits per heavy atom. The Morgan fingerprint density at radius 3 is 1.48 bits per heavy atom. The zero-order chi connectivity index (χ0) is 24.2. The number of piperidine rings is 2. The molecule has 6 atom stereocenters. The second kappa shape index (κ2) is 9.02. The summed E-state index contributed by atoms with van der Waals surface area (Å²) in [4.78, 5) is 48.9. The minimum absolute atomic E-state index is 0. The lowest BCUT2D eigenvalue weighted by molar-refractivity contribution is -0.142. The maximum Gasteiger partial charge on any atom is 0.411 e. The molecule has 2 aliphatic carbocycles. The first-order chi connectivity index (χ1) is 14.6. The summed E-state index contributed by atoms with van der Waals surface area (Å²) in [5.74, 6) is -0.547. The number of rotatable bonds is 2. The second-order valence-electron chi connectivity index (χ2n) is 11.1. The van der Waals surface area contributed by atoms with Gasteiger partial charge in [-0.15, -0.1) is 0 Å². The van der Waals surface area contributed by atoms with Crippen molar-refractivity contribution in [3.63, 3.8) is 0 Å². The fourth-order valence-electron chi connectivity index (χ4n) is 4.54. The number of amides is 3. The summed E-state index contributed by atoms with van der Waals surface area (Å²) >= 11 is 0. The molecule has 0 bridgehead atoms. The van der Waals surface area contributed by atoms with Crippen LogP contribution >= 0.6 is 0 Å². The number of carboxylic acid groups (broad SMARTS) is 1. The molecule has 10 nitrogen and oxygen atoms in total. The van der Waals surface area contributed by atoms with Crippen LogP contribution in [0.25, 0.3) is 0 Å². The summed E-state index contributed by atoms with van der Waals surface area (Å²) in [5, 5.41) is 9.02. The summed E-state index contributed by atoms with van der Waals surface area (Å²) in [7, 11) is 0. The van der Waals surface area contributed by atoms with Crippen molar-refractivity contribution in [3.05, 3.63) is 0 Å². The first-order valence-electron chi connectivity index (χ1n) is 11.1. The quantitative estimate of drug-likeness (QED) is 0.630. The number of likely N-dealkylation sites (tertiary alicyclic amines) is 2. The van der Waals surface area contributed by atoms with Gasteiger partial charge in [0.05, 0.1) is 0 Å². The average Bonchev–Trinajstić information content (AvgIpc) is 3.47. The highest BCUT2D eigenvalue weighted by Gasteiger charge is 2.58. The lowest BCUT2D eigenvalue weighted by Crippen LogP contribution is -2.47. The molecule has 2 aliphatic heterocycles. The Hall–Kier alpha value is -2.52. The molecule has 3 N–H and O–H groups in total. The van der Waals surface area contributed by atoms with Crippen LogP contribution in [0.5, 0.6) is 0 Å². The van der Waals surface area contributed by atoms with Crippen LogP contribution in [0.2, 0.25) is 0 Å². The van der Waals surface area contributed by atoms with Crippen molar-refractivity contribution in [3.8, 4) is 0 Å². The Morgan fingerprint density at radius 2 is 1.15 bits per heavy atom. The summed E-state index contributed by atoms with van der Waals surface area (Å²) in [6.45, 7) is 10.8. The molecule has 3 amide bonds. The van der Waals surface area contributed by atoms with Gasteiger partial charge in [-0.05, 0) is 79.1 Å². The van der Waals surface area contributed by atoms with E-state index in [-0.39, 0.29) is 20.9 Å². The van der Waals surface area contributed by atoms with Crippen LogP contribution in [-0.4, -0.2) is 74.3 Å². The predicted molar refractivity (Wildman–Crippen MR) is 122 cm³/mol. The summed E-state index contributed by atoms with van der Waals surface area (Å²) in [5.41, 5.74) is 4.17. The molecule has 0 aromatic carbocycles. The van der Waals surface area contributed by atoms with Crippen LogP contribution in [-0.2, 0) is 19.1 Å². The van der Waals surface area contributed by atoms with Crippen molar-refractivity contribution >= 4 is 24.1 Å². The second-order valence-corrected chi connectivity index (χ2v) is 11.1. The third-order valence-electron chi connectivity index (χ3n) is 6.03. The minimum atomic E-state index is -0.932. The highest BCUT2D eigenvalue weighted by Crippen LogP contribution is 2.49. The van der Waals surface area contributed by atoms with E-state index >= 15 is 0 Å². The van der Waals surface area contributed by atoms with E-state index in [0.29, 0.717) is 24.7 Å². The Kier molecular flexibility index (Phi) is 7.31. The molecule has 0 aromatic heterocycles. The van der Waals surface area contributed by atoms with Gasteiger partial charge in [-0.1, -0.05) is 7.43 Å². The van der Waals surface area contributed by atoms with Gasteiger partial charge >= 0.3 is 18.2 Å². The van der Waals surface area contributed by atoms with Crippen LogP contribution in [0.4, 0.5) is 9.59 Å². The topological polar surface area (TPSA) is 139 Å². The standard InChI is InChI=1S/C11H18N2O3.C11H17NO4.CH4.H2/c1-11(2,3)16-10(15)13-7-4-6(7)5-8(13)9(12)14;1-11(2,3)16-10(15)12-7-4-6(7)5-8(12)9(13)14;;/h6-8H,4-5H2,1-3H3,(H2,12,14);6-8H,4-5H2,1-3H3,(H,13,14);1H4;1H/t2*6-,7-,8?;;/m00../s1. The van der Waals surface area contributed by atoms with Crippen LogP contribution in [0.3, 0.4) is 0 Å². The molecule has 10 heteroatoms. The number of hydrogen-bond acceptors (Lipinski definition) is 6. The molecule has 4 rings (SSSR count). The van der Waals surface area contributed by atoms with Crippen LogP contribution in [0.1, 0.15) is 76.1 Å². The van der Waals surface area contributed by atoms with E-state index in [2.05, 4.69) is 0 Å². The molecule has 0 spiro atoms. The molecular weight excluding hydrogens is 430 g/mol. The number of primary amides is 1. The summed E-state index contributed by atoms with van der Waals surface area (Å²) < 4.78 is 10.5. The third kappa shape index (κ3) is 6.29. The van der Waals surface area contributed by atoms with Gasteiger partial charge in [0.2, 0.25) is 5.91 Å². The molecular formula is C23H41N3O7. The van der Waals surface area contributed by atoms with Crippen molar-refractivity contribution in [2.75, 3.05) is 0 Å². The maximum absolute atomic E-state index is 11.9. The summed E-state index contributed by atoms with van der Waals surface area (Å²) in [6, 6.07) is -0.902. The van der Waals surface area contributed by atoms with Crippen LogP contribution in [0.15, 0.2) is 0 Å². The number of hydrogen-bond donors (Lipinski definition) is 2. The molecule has 0 radical (unpaired) electrons. The number of aliphatic carboxylic acids is 1. The molecule has 4 fully saturated rings. The number of carboxylic acids is 1. The van der Waals surface area contributed by atoms with Gasteiger partial charge in [0.15, 0.2) is 0 Å². The van der Waals surface area contributed by atoms with Crippen LogP contribution in [0, 0.1) is 11.8 Å². The third-order valence-corrected chi connectivity index (χ3v) is 6.03. The molecule has 2 saturated carbocycles.